The molecular weight excluding hydrogens is 387 g/mol. The Bertz CT molecular complexity index is 1000. The number of anilines is 1. The van der Waals surface area contributed by atoms with Crippen molar-refractivity contribution >= 4 is 46.9 Å². The van der Waals surface area contributed by atoms with E-state index in [4.69, 9.17) is 22.1 Å². The number of carbonyl (C=O) groups is 3. The summed E-state index contributed by atoms with van der Waals surface area (Å²) >= 11 is 5.07. The summed E-state index contributed by atoms with van der Waals surface area (Å²) in [6.07, 6.45) is 1.28. The lowest BCUT2D eigenvalue weighted by atomic mass is 10.1. The highest BCUT2D eigenvalue weighted by Gasteiger charge is 2.34. The van der Waals surface area contributed by atoms with Crippen molar-refractivity contribution in [2.45, 2.75) is 0 Å². The van der Waals surface area contributed by atoms with Gasteiger partial charge in [0.2, 0.25) is 0 Å². The number of carbonyl (C=O) groups excluding carboxylic acids is 2. The number of ether oxygens (including phenoxy) is 1. The molecule has 0 atom stereocenters. The van der Waals surface area contributed by atoms with Crippen LogP contribution in [-0.4, -0.2) is 34.6 Å². The number of carboxylic acids is 1. The Balaban J connectivity index is 1.98. The molecule has 1 fully saturated rings. The molecule has 28 heavy (non-hydrogen) atoms. The molecule has 142 valence electrons. The van der Waals surface area contributed by atoms with Gasteiger partial charge in [-0.15, -0.1) is 0 Å². The van der Waals surface area contributed by atoms with E-state index in [1.54, 1.807) is 18.2 Å². The molecule has 1 aliphatic rings. The summed E-state index contributed by atoms with van der Waals surface area (Å²) in [5.74, 6) is -2.86. The number of thiocarbonyl (C=S) groups is 1. The second kappa shape index (κ2) is 7.97. The molecule has 2 N–H and O–H groups in total. The lowest BCUT2D eigenvalue weighted by Crippen LogP contribution is -2.54. The molecule has 0 radical (unpaired) electrons. The first-order valence-electron chi connectivity index (χ1n) is 7.97. The summed E-state index contributed by atoms with van der Waals surface area (Å²) < 4.78 is 18.4. The molecule has 0 spiro atoms. The smallest absolute Gasteiger partial charge is 0.341 e. The standard InChI is InChI=1S/C19H13FN2O5S/c20-12-5-7-13(8-6-12)22-18(26)14(17(25)21-19(22)28)9-11-3-1-2-4-15(11)27-10-16(23)24/h1-9H,10H2,(H,23,24)(H,21,25,28). The topological polar surface area (TPSA) is 95.9 Å². The number of halogens is 1. The predicted octanol–water partition coefficient (Wildman–Crippen LogP) is 2.12. The van der Waals surface area contributed by atoms with Crippen LogP contribution in [0.2, 0.25) is 0 Å². The van der Waals surface area contributed by atoms with Gasteiger partial charge in [0.05, 0.1) is 5.69 Å². The van der Waals surface area contributed by atoms with Gasteiger partial charge in [-0.2, -0.15) is 0 Å². The molecular formula is C19H13FN2O5S. The van der Waals surface area contributed by atoms with Crippen LogP contribution in [0.15, 0.2) is 54.1 Å². The van der Waals surface area contributed by atoms with Crippen molar-refractivity contribution in [2.24, 2.45) is 0 Å². The summed E-state index contributed by atoms with van der Waals surface area (Å²) in [5, 5.41) is 11.1. The minimum atomic E-state index is -1.17. The monoisotopic (exact) mass is 400 g/mol. The van der Waals surface area contributed by atoms with Crippen molar-refractivity contribution in [3.8, 4) is 5.75 Å². The number of hydrogen-bond donors (Lipinski definition) is 2. The zero-order valence-electron chi connectivity index (χ0n) is 14.2. The maximum atomic E-state index is 13.2. The van der Waals surface area contributed by atoms with Crippen LogP contribution in [0, 0.1) is 5.82 Å². The van der Waals surface area contributed by atoms with Crippen LogP contribution >= 0.6 is 12.2 Å². The largest absolute Gasteiger partial charge is 0.481 e. The molecule has 0 aromatic heterocycles. The molecule has 1 heterocycles. The Morgan fingerprint density at radius 3 is 2.54 bits per heavy atom. The molecule has 9 heteroatoms. The van der Waals surface area contributed by atoms with Gasteiger partial charge in [-0.25, -0.2) is 9.18 Å². The number of amides is 2. The molecule has 7 nitrogen and oxygen atoms in total. The van der Waals surface area contributed by atoms with Crippen LogP contribution in [0.4, 0.5) is 10.1 Å². The maximum Gasteiger partial charge on any atom is 0.341 e. The van der Waals surface area contributed by atoms with Gasteiger partial charge < -0.3 is 9.84 Å². The fourth-order valence-corrected chi connectivity index (χ4v) is 2.79. The van der Waals surface area contributed by atoms with Crippen molar-refractivity contribution < 1.29 is 28.6 Å². The first kappa shape index (κ1) is 19.2. The summed E-state index contributed by atoms with van der Waals surface area (Å²) in [4.78, 5) is 37.0. The van der Waals surface area contributed by atoms with Crippen molar-refractivity contribution in [3.63, 3.8) is 0 Å². The summed E-state index contributed by atoms with van der Waals surface area (Å²) in [7, 11) is 0. The molecule has 1 saturated heterocycles. The maximum absolute atomic E-state index is 13.2. The fraction of sp³-hybridized carbons (Fsp3) is 0.0526. The predicted molar refractivity (Wildman–Crippen MR) is 102 cm³/mol. The van der Waals surface area contributed by atoms with Crippen LogP contribution in [-0.2, 0) is 14.4 Å². The van der Waals surface area contributed by atoms with Crippen LogP contribution < -0.4 is 15.0 Å². The van der Waals surface area contributed by atoms with Crippen LogP contribution in [0.25, 0.3) is 6.08 Å². The third-order valence-electron chi connectivity index (χ3n) is 3.76. The van der Waals surface area contributed by atoms with E-state index in [-0.39, 0.29) is 22.1 Å². The van der Waals surface area contributed by atoms with E-state index in [9.17, 15) is 18.8 Å². The van der Waals surface area contributed by atoms with Gasteiger partial charge in [-0.05, 0) is 48.6 Å². The van der Waals surface area contributed by atoms with Gasteiger partial charge in [0.1, 0.15) is 17.1 Å². The minimum absolute atomic E-state index is 0.130. The van der Waals surface area contributed by atoms with Crippen molar-refractivity contribution in [1.82, 2.24) is 5.32 Å². The third kappa shape index (κ3) is 4.04. The van der Waals surface area contributed by atoms with Crippen LogP contribution in [0.3, 0.4) is 0 Å². The van der Waals surface area contributed by atoms with Gasteiger partial charge in [0.15, 0.2) is 11.7 Å². The third-order valence-corrected chi connectivity index (χ3v) is 4.04. The van der Waals surface area contributed by atoms with Gasteiger partial charge >= 0.3 is 5.97 Å². The lowest BCUT2D eigenvalue weighted by Gasteiger charge is -2.29. The SMILES string of the molecule is O=C(O)COc1ccccc1C=C1C(=O)NC(=S)N(c2ccc(F)cc2)C1=O. The number of aliphatic carboxylic acids is 1. The molecule has 2 aromatic carbocycles. The summed E-state index contributed by atoms with van der Waals surface area (Å²) in [6, 6.07) is 11.4. The van der Waals surface area contributed by atoms with E-state index in [0.717, 1.165) is 4.90 Å². The number of nitrogens with zero attached hydrogens (tertiary/aromatic N) is 1. The van der Waals surface area contributed by atoms with Gasteiger partial charge in [-0.1, -0.05) is 18.2 Å². The van der Waals surface area contributed by atoms with E-state index < -0.39 is 30.2 Å². The highest BCUT2D eigenvalue weighted by Crippen LogP contribution is 2.25. The van der Waals surface area contributed by atoms with Crippen LogP contribution in [0.1, 0.15) is 5.56 Å². The zero-order chi connectivity index (χ0) is 20.3. The molecule has 3 rings (SSSR count). The molecule has 0 bridgehead atoms. The molecule has 0 saturated carbocycles. The van der Waals surface area contributed by atoms with E-state index in [1.807, 2.05) is 0 Å². The van der Waals surface area contributed by atoms with E-state index in [2.05, 4.69) is 5.32 Å². The quantitative estimate of drug-likeness (QED) is 0.454. The van der Waals surface area contributed by atoms with E-state index in [1.165, 1.54) is 36.4 Å². The Morgan fingerprint density at radius 2 is 1.86 bits per heavy atom. The van der Waals surface area contributed by atoms with Gasteiger partial charge in [0, 0.05) is 5.56 Å². The van der Waals surface area contributed by atoms with Gasteiger partial charge in [-0.3, -0.25) is 19.8 Å². The van der Waals surface area contributed by atoms with Crippen LogP contribution in [0.5, 0.6) is 5.75 Å². The van der Waals surface area contributed by atoms with Crippen molar-refractivity contribution in [1.29, 1.82) is 0 Å². The highest BCUT2D eigenvalue weighted by molar-refractivity contribution is 7.80. The Hall–Kier alpha value is -3.59. The Kier molecular flexibility index (Phi) is 5.46. The zero-order valence-corrected chi connectivity index (χ0v) is 15.0. The number of para-hydroxylation sites is 1. The van der Waals surface area contributed by atoms with E-state index in [0.29, 0.717) is 5.56 Å². The molecule has 1 aliphatic heterocycles. The average molecular weight is 400 g/mol. The lowest BCUT2D eigenvalue weighted by molar-refractivity contribution is -0.139. The number of hydrogen-bond acceptors (Lipinski definition) is 5. The normalized spacial score (nSPS) is 15.5. The molecule has 2 aromatic rings. The average Bonchev–Trinajstić information content (AvgIpc) is 2.65. The van der Waals surface area contributed by atoms with E-state index >= 15 is 0 Å². The fourth-order valence-electron chi connectivity index (χ4n) is 2.51. The van der Waals surface area contributed by atoms with Gasteiger partial charge in [0.25, 0.3) is 11.8 Å². The second-order valence-corrected chi connectivity index (χ2v) is 6.04. The van der Waals surface area contributed by atoms with Crippen molar-refractivity contribution in [2.75, 3.05) is 11.5 Å². The summed E-state index contributed by atoms with van der Waals surface area (Å²) in [5.41, 5.74) is 0.399. The minimum Gasteiger partial charge on any atom is -0.481 e. The first-order valence-corrected chi connectivity index (χ1v) is 8.38. The molecule has 2 amide bonds. The molecule has 0 unspecified atom stereocenters. The molecule has 0 aliphatic carbocycles. The van der Waals surface area contributed by atoms with Crippen molar-refractivity contribution in [3.05, 3.63) is 65.5 Å². The Labute approximate surface area is 164 Å². The number of rotatable bonds is 5. The second-order valence-electron chi connectivity index (χ2n) is 5.65. The Morgan fingerprint density at radius 1 is 1.18 bits per heavy atom. The highest BCUT2D eigenvalue weighted by atomic mass is 32.1. The number of carboxylic acid groups (broad SMARTS) is 1. The summed E-state index contributed by atoms with van der Waals surface area (Å²) in [6.45, 7) is -0.577. The number of benzene rings is 2. The number of nitrogens with one attached hydrogen (secondary N) is 1. The first-order chi connectivity index (χ1) is 13.4.